The predicted octanol–water partition coefficient (Wildman–Crippen LogP) is 2.70. The van der Waals surface area contributed by atoms with Crippen molar-refractivity contribution < 1.29 is 22.1 Å². The number of hydrogen-bond acceptors (Lipinski definition) is 5. The maximum Gasteiger partial charge on any atom is 0.246 e. The Labute approximate surface area is 134 Å². The van der Waals surface area contributed by atoms with Crippen molar-refractivity contribution >= 4 is 10.0 Å². The van der Waals surface area contributed by atoms with Gasteiger partial charge >= 0.3 is 0 Å². The third kappa shape index (κ3) is 4.08. The van der Waals surface area contributed by atoms with E-state index in [0.29, 0.717) is 5.56 Å². The van der Waals surface area contributed by atoms with Crippen LogP contribution in [0.3, 0.4) is 0 Å². The molecular formula is C15H19FN2O4S. The average Bonchev–Trinajstić information content (AvgIpc) is 2.79. The van der Waals surface area contributed by atoms with Gasteiger partial charge in [-0.25, -0.2) is 17.5 Å². The molecule has 0 bridgehead atoms. The summed E-state index contributed by atoms with van der Waals surface area (Å²) < 4.78 is 51.0. The molecule has 2 aromatic rings. The van der Waals surface area contributed by atoms with Gasteiger partial charge in [-0.1, -0.05) is 11.2 Å². The highest BCUT2D eigenvalue weighted by Crippen LogP contribution is 2.21. The standard InChI is InChI=1S/C15H19FN2O4S/c1-9(2)21-14-6-5-12(7-13(14)16)8-17-23(19,20)15-10(3)18-22-11(15)4/h5-7,9,17H,8H2,1-4H3. The Morgan fingerprint density at radius 2 is 2.04 bits per heavy atom. The third-order valence-corrected chi connectivity index (χ3v) is 4.71. The number of ether oxygens (including phenoxy) is 1. The van der Waals surface area contributed by atoms with Gasteiger partial charge < -0.3 is 9.26 Å². The SMILES string of the molecule is Cc1noc(C)c1S(=O)(=O)NCc1ccc(OC(C)C)c(F)c1. The Morgan fingerprint density at radius 1 is 1.35 bits per heavy atom. The second-order valence-electron chi connectivity index (χ2n) is 5.41. The third-order valence-electron chi connectivity index (χ3n) is 3.06. The molecule has 0 fully saturated rings. The maximum absolute atomic E-state index is 13.9. The van der Waals surface area contributed by atoms with Crippen LogP contribution in [-0.2, 0) is 16.6 Å². The molecule has 0 unspecified atom stereocenters. The van der Waals surface area contributed by atoms with Gasteiger partial charge in [0.15, 0.2) is 17.3 Å². The van der Waals surface area contributed by atoms with E-state index in [2.05, 4.69) is 9.88 Å². The Hall–Kier alpha value is -1.93. The van der Waals surface area contributed by atoms with E-state index in [0.717, 1.165) is 0 Å². The van der Waals surface area contributed by atoms with E-state index in [1.165, 1.54) is 19.1 Å². The second kappa shape index (κ2) is 6.67. The summed E-state index contributed by atoms with van der Waals surface area (Å²) in [6.07, 6.45) is -0.145. The van der Waals surface area contributed by atoms with Gasteiger partial charge in [-0.2, -0.15) is 0 Å². The molecule has 0 amide bonds. The zero-order chi connectivity index (χ0) is 17.2. The summed E-state index contributed by atoms with van der Waals surface area (Å²) in [5.41, 5.74) is 0.760. The highest BCUT2D eigenvalue weighted by atomic mass is 32.2. The van der Waals surface area contributed by atoms with Gasteiger partial charge in [0.05, 0.1) is 6.10 Å². The first-order chi connectivity index (χ1) is 10.7. The molecule has 0 saturated carbocycles. The lowest BCUT2D eigenvalue weighted by molar-refractivity contribution is 0.231. The van der Waals surface area contributed by atoms with Crippen molar-refractivity contribution in [1.29, 1.82) is 0 Å². The number of nitrogens with one attached hydrogen (secondary N) is 1. The van der Waals surface area contributed by atoms with Crippen molar-refractivity contribution in [1.82, 2.24) is 9.88 Å². The molecule has 126 valence electrons. The highest BCUT2D eigenvalue weighted by Gasteiger charge is 2.23. The van der Waals surface area contributed by atoms with E-state index in [9.17, 15) is 12.8 Å². The van der Waals surface area contributed by atoms with Crippen LogP contribution in [0.1, 0.15) is 30.9 Å². The minimum Gasteiger partial charge on any atom is -0.488 e. The predicted molar refractivity (Wildman–Crippen MR) is 82.2 cm³/mol. The first kappa shape index (κ1) is 17.4. The Balaban J connectivity index is 2.13. The fraction of sp³-hybridized carbons (Fsp3) is 0.400. The normalized spacial score (nSPS) is 11.9. The number of rotatable bonds is 6. The lowest BCUT2D eigenvalue weighted by Gasteiger charge is -2.12. The first-order valence-corrected chi connectivity index (χ1v) is 8.56. The molecule has 1 N–H and O–H groups in total. The Morgan fingerprint density at radius 3 is 2.57 bits per heavy atom. The monoisotopic (exact) mass is 342 g/mol. The van der Waals surface area contributed by atoms with Crippen LogP contribution in [-0.4, -0.2) is 19.7 Å². The minimum absolute atomic E-state index is 0.0118. The van der Waals surface area contributed by atoms with Crippen molar-refractivity contribution in [3.05, 3.63) is 41.0 Å². The summed E-state index contributed by atoms with van der Waals surface area (Å²) in [5, 5.41) is 3.62. The van der Waals surface area contributed by atoms with Gasteiger partial charge in [0.2, 0.25) is 10.0 Å². The fourth-order valence-corrected chi connectivity index (χ4v) is 3.46. The van der Waals surface area contributed by atoms with Crippen LogP contribution in [0.25, 0.3) is 0 Å². The number of hydrogen-bond donors (Lipinski definition) is 1. The van der Waals surface area contributed by atoms with Crippen molar-refractivity contribution in [3.8, 4) is 5.75 Å². The molecule has 1 aromatic carbocycles. The molecule has 6 nitrogen and oxygen atoms in total. The number of benzene rings is 1. The van der Waals surface area contributed by atoms with Crippen molar-refractivity contribution in [2.24, 2.45) is 0 Å². The molecule has 0 radical (unpaired) electrons. The summed E-state index contributed by atoms with van der Waals surface area (Å²) in [7, 11) is -3.78. The molecular weight excluding hydrogens is 323 g/mol. The van der Waals surface area contributed by atoms with Crippen LogP contribution in [0.15, 0.2) is 27.6 Å². The van der Waals surface area contributed by atoms with Crippen LogP contribution in [0.2, 0.25) is 0 Å². The Kier molecular flexibility index (Phi) is 5.06. The maximum atomic E-state index is 13.9. The molecule has 1 heterocycles. The number of aryl methyl sites for hydroxylation is 2. The van der Waals surface area contributed by atoms with E-state index in [1.807, 2.05) is 0 Å². The fourth-order valence-electron chi connectivity index (χ4n) is 2.11. The quantitative estimate of drug-likeness (QED) is 0.873. The van der Waals surface area contributed by atoms with Gasteiger partial charge in [0, 0.05) is 6.54 Å². The molecule has 8 heteroatoms. The lowest BCUT2D eigenvalue weighted by atomic mass is 10.2. The van der Waals surface area contributed by atoms with E-state index >= 15 is 0 Å². The van der Waals surface area contributed by atoms with Crippen LogP contribution >= 0.6 is 0 Å². The van der Waals surface area contributed by atoms with Crippen molar-refractivity contribution in [2.45, 2.75) is 45.2 Å². The van der Waals surface area contributed by atoms with Crippen LogP contribution in [0.4, 0.5) is 4.39 Å². The Bertz CT molecular complexity index is 780. The molecule has 0 aliphatic carbocycles. The van der Waals surface area contributed by atoms with Gasteiger partial charge in [-0.15, -0.1) is 0 Å². The van der Waals surface area contributed by atoms with Crippen LogP contribution < -0.4 is 9.46 Å². The number of halogens is 1. The number of sulfonamides is 1. The molecule has 0 aliphatic rings. The van der Waals surface area contributed by atoms with Crippen LogP contribution in [0.5, 0.6) is 5.75 Å². The van der Waals surface area contributed by atoms with Crippen molar-refractivity contribution in [3.63, 3.8) is 0 Å². The lowest BCUT2D eigenvalue weighted by Crippen LogP contribution is -2.24. The van der Waals surface area contributed by atoms with E-state index in [1.54, 1.807) is 26.8 Å². The van der Waals surface area contributed by atoms with Gasteiger partial charge in [0.25, 0.3) is 0 Å². The van der Waals surface area contributed by atoms with Gasteiger partial charge in [-0.05, 0) is 45.4 Å². The summed E-state index contributed by atoms with van der Waals surface area (Å²) in [4.78, 5) is 0.0118. The first-order valence-electron chi connectivity index (χ1n) is 7.08. The van der Waals surface area contributed by atoms with E-state index < -0.39 is 15.8 Å². The van der Waals surface area contributed by atoms with E-state index in [4.69, 9.17) is 9.26 Å². The van der Waals surface area contributed by atoms with Crippen molar-refractivity contribution in [2.75, 3.05) is 0 Å². The largest absolute Gasteiger partial charge is 0.488 e. The van der Waals surface area contributed by atoms with Crippen LogP contribution in [0, 0.1) is 19.7 Å². The second-order valence-corrected chi connectivity index (χ2v) is 7.11. The molecule has 0 atom stereocenters. The average molecular weight is 342 g/mol. The minimum atomic E-state index is -3.78. The molecule has 1 aromatic heterocycles. The summed E-state index contributed by atoms with van der Waals surface area (Å²) in [5.74, 6) is -0.188. The molecule has 0 aliphatic heterocycles. The molecule has 0 spiro atoms. The summed E-state index contributed by atoms with van der Waals surface area (Å²) >= 11 is 0. The molecule has 0 saturated heterocycles. The van der Waals surface area contributed by atoms with E-state index in [-0.39, 0.29) is 34.7 Å². The number of nitrogens with zero attached hydrogens (tertiary/aromatic N) is 1. The summed E-state index contributed by atoms with van der Waals surface area (Å²) in [6.45, 7) is 6.61. The number of aromatic nitrogens is 1. The summed E-state index contributed by atoms with van der Waals surface area (Å²) in [6, 6.07) is 4.33. The topological polar surface area (TPSA) is 81.4 Å². The zero-order valence-corrected chi connectivity index (χ0v) is 14.2. The van der Waals surface area contributed by atoms with Gasteiger partial charge in [-0.3, -0.25) is 0 Å². The molecule has 23 heavy (non-hydrogen) atoms. The molecule has 2 rings (SSSR count). The zero-order valence-electron chi connectivity index (χ0n) is 13.4. The smallest absolute Gasteiger partial charge is 0.246 e. The van der Waals surface area contributed by atoms with Gasteiger partial charge in [0.1, 0.15) is 10.6 Å². The highest BCUT2D eigenvalue weighted by molar-refractivity contribution is 7.89.